The van der Waals surface area contributed by atoms with Crippen LogP contribution < -0.4 is 10.1 Å². The lowest BCUT2D eigenvalue weighted by Crippen LogP contribution is -2.23. The van der Waals surface area contributed by atoms with Crippen LogP contribution in [0.1, 0.15) is 22.8 Å². The number of fused-ring (bicyclic) bond motifs is 1. The van der Waals surface area contributed by atoms with Gasteiger partial charge in [0, 0.05) is 22.6 Å². The van der Waals surface area contributed by atoms with Crippen LogP contribution in [0.15, 0.2) is 69.8 Å². The van der Waals surface area contributed by atoms with E-state index in [-0.39, 0.29) is 21.6 Å². The molecule has 0 radical (unpaired) electrons. The van der Waals surface area contributed by atoms with E-state index < -0.39 is 9.84 Å². The van der Waals surface area contributed by atoms with E-state index in [0.29, 0.717) is 17.9 Å². The van der Waals surface area contributed by atoms with Crippen LogP contribution >= 0.6 is 11.3 Å². The van der Waals surface area contributed by atoms with Gasteiger partial charge in [0.25, 0.3) is 0 Å². The molecule has 27 heavy (non-hydrogen) atoms. The van der Waals surface area contributed by atoms with Gasteiger partial charge >= 0.3 is 0 Å². The van der Waals surface area contributed by atoms with Gasteiger partial charge in [-0.05, 0) is 29.8 Å². The van der Waals surface area contributed by atoms with Crippen molar-refractivity contribution in [1.29, 1.82) is 0 Å². The molecule has 4 rings (SSSR count). The van der Waals surface area contributed by atoms with Crippen molar-refractivity contribution in [3.8, 4) is 5.75 Å². The number of methoxy groups -OCH3 is 1. The maximum atomic E-state index is 13.1. The molecular weight excluding hydrogens is 382 g/mol. The van der Waals surface area contributed by atoms with E-state index in [1.165, 1.54) is 30.6 Å². The second-order valence-electron chi connectivity index (χ2n) is 6.23. The highest BCUT2D eigenvalue weighted by Crippen LogP contribution is 2.45. The molecule has 2 heterocycles. The summed E-state index contributed by atoms with van der Waals surface area (Å²) >= 11 is 1.37. The highest BCUT2D eigenvalue weighted by atomic mass is 32.2. The third kappa shape index (κ3) is 3.13. The minimum atomic E-state index is -3.75. The smallest absolute Gasteiger partial charge is 0.225 e. The van der Waals surface area contributed by atoms with Crippen molar-refractivity contribution in [3.05, 3.63) is 70.4 Å². The lowest BCUT2D eigenvalue weighted by molar-refractivity contribution is -0.116. The fraction of sp³-hybridized carbons (Fsp3) is 0.150. The van der Waals surface area contributed by atoms with Gasteiger partial charge in [-0.3, -0.25) is 4.79 Å². The molecule has 1 aliphatic rings. The topological polar surface area (TPSA) is 72.5 Å². The zero-order valence-electron chi connectivity index (χ0n) is 14.5. The van der Waals surface area contributed by atoms with Gasteiger partial charge in [0.1, 0.15) is 10.6 Å². The number of anilines is 1. The summed E-state index contributed by atoms with van der Waals surface area (Å²) < 4.78 is 31.4. The van der Waals surface area contributed by atoms with E-state index >= 15 is 0 Å². The van der Waals surface area contributed by atoms with Gasteiger partial charge in [-0.25, -0.2) is 8.42 Å². The van der Waals surface area contributed by atoms with Gasteiger partial charge < -0.3 is 10.1 Å². The van der Waals surface area contributed by atoms with E-state index in [9.17, 15) is 13.2 Å². The fourth-order valence-corrected chi connectivity index (χ4v) is 6.15. The van der Waals surface area contributed by atoms with E-state index in [0.717, 1.165) is 10.4 Å². The monoisotopic (exact) mass is 399 g/mol. The van der Waals surface area contributed by atoms with Crippen molar-refractivity contribution in [1.82, 2.24) is 0 Å². The van der Waals surface area contributed by atoms with Crippen LogP contribution in [-0.2, 0) is 14.6 Å². The lowest BCUT2D eigenvalue weighted by atomic mass is 9.91. The van der Waals surface area contributed by atoms with Crippen molar-refractivity contribution in [3.63, 3.8) is 0 Å². The summed E-state index contributed by atoms with van der Waals surface area (Å²) in [5, 5.41) is 4.39. The molecule has 0 bridgehead atoms. The Hall–Kier alpha value is -2.64. The van der Waals surface area contributed by atoms with Crippen LogP contribution in [0, 0.1) is 0 Å². The summed E-state index contributed by atoms with van der Waals surface area (Å²) in [6.45, 7) is 0. The van der Waals surface area contributed by atoms with Crippen LogP contribution in [0.5, 0.6) is 5.75 Å². The van der Waals surface area contributed by atoms with Gasteiger partial charge in [0.05, 0.1) is 17.7 Å². The summed E-state index contributed by atoms with van der Waals surface area (Å²) in [5.74, 6) is 0.263. The largest absolute Gasteiger partial charge is 0.497 e. The molecule has 0 spiro atoms. The predicted molar refractivity (Wildman–Crippen MR) is 104 cm³/mol. The van der Waals surface area contributed by atoms with Crippen molar-refractivity contribution in [2.75, 3.05) is 12.4 Å². The maximum absolute atomic E-state index is 13.1. The van der Waals surface area contributed by atoms with Gasteiger partial charge in [-0.15, -0.1) is 11.3 Å². The summed E-state index contributed by atoms with van der Waals surface area (Å²) in [4.78, 5) is 13.5. The molecular formula is C20H17NO4S2. The molecule has 0 saturated heterocycles. The van der Waals surface area contributed by atoms with Crippen LogP contribution in [0.3, 0.4) is 0 Å². The quantitative estimate of drug-likeness (QED) is 0.718. The molecule has 138 valence electrons. The summed E-state index contributed by atoms with van der Waals surface area (Å²) in [6, 6.07) is 15.9. The number of ether oxygens (including phenoxy) is 1. The molecule has 0 fully saturated rings. The van der Waals surface area contributed by atoms with Crippen LogP contribution in [-0.4, -0.2) is 21.4 Å². The van der Waals surface area contributed by atoms with Crippen molar-refractivity contribution < 1.29 is 17.9 Å². The van der Waals surface area contributed by atoms with Gasteiger partial charge in [0.15, 0.2) is 0 Å². The molecule has 1 atom stereocenters. The SMILES string of the molecule is COc1ccc(S(=O)(=O)c2csc3c2NC(=O)CC3c2ccccc2)cc1. The highest BCUT2D eigenvalue weighted by Gasteiger charge is 2.34. The summed E-state index contributed by atoms with van der Waals surface area (Å²) in [7, 11) is -2.23. The zero-order chi connectivity index (χ0) is 19.0. The first-order valence-corrected chi connectivity index (χ1v) is 10.7. The summed E-state index contributed by atoms with van der Waals surface area (Å²) in [6.07, 6.45) is 0.305. The highest BCUT2D eigenvalue weighted by molar-refractivity contribution is 7.91. The predicted octanol–water partition coefficient (Wildman–Crippen LogP) is 4.06. The van der Waals surface area contributed by atoms with Gasteiger partial charge in [-0.2, -0.15) is 0 Å². The van der Waals surface area contributed by atoms with Crippen LogP contribution in [0.2, 0.25) is 0 Å². The van der Waals surface area contributed by atoms with E-state index in [4.69, 9.17) is 4.74 Å². The number of nitrogens with one attached hydrogen (secondary N) is 1. The number of hydrogen-bond acceptors (Lipinski definition) is 5. The number of carbonyl (C=O) groups excluding carboxylic acids is 1. The molecule has 1 aromatic heterocycles. The Morgan fingerprint density at radius 3 is 2.44 bits per heavy atom. The number of rotatable bonds is 4. The first-order chi connectivity index (χ1) is 13.0. The number of thiophene rings is 1. The Labute approximate surface area is 161 Å². The molecule has 0 saturated carbocycles. The number of amides is 1. The van der Waals surface area contributed by atoms with E-state index in [1.807, 2.05) is 30.3 Å². The molecule has 1 N–H and O–H groups in total. The van der Waals surface area contributed by atoms with Crippen molar-refractivity contribution in [2.45, 2.75) is 22.1 Å². The number of benzene rings is 2. The Balaban J connectivity index is 1.80. The van der Waals surface area contributed by atoms with Crippen LogP contribution in [0.4, 0.5) is 5.69 Å². The fourth-order valence-electron chi connectivity index (χ4n) is 3.24. The molecule has 1 aliphatic heterocycles. The van der Waals surface area contributed by atoms with E-state index in [1.54, 1.807) is 17.5 Å². The van der Waals surface area contributed by atoms with Gasteiger partial charge in [-0.1, -0.05) is 30.3 Å². The Kier molecular flexibility index (Phi) is 4.49. The molecule has 7 heteroatoms. The van der Waals surface area contributed by atoms with E-state index in [2.05, 4.69) is 5.32 Å². The molecule has 3 aromatic rings. The standard InChI is InChI=1S/C20H17NO4S2/c1-25-14-7-9-15(10-8-14)27(23,24)17-12-26-20-16(11-18(22)21-19(17)20)13-5-3-2-4-6-13/h2-10,12,16H,11H2,1H3,(H,21,22). The second-order valence-corrected chi connectivity index (χ2v) is 9.06. The third-order valence-corrected chi connectivity index (χ3v) is 7.66. The first-order valence-electron chi connectivity index (χ1n) is 8.36. The van der Waals surface area contributed by atoms with Gasteiger partial charge in [0.2, 0.25) is 15.7 Å². The first kappa shape index (κ1) is 17.8. The summed E-state index contributed by atoms with van der Waals surface area (Å²) in [5.41, 5.74) is 1.41. The number of hydrogen-bond donors (Lipinski definition) is 1. The molecule has 1 amide bonds. The average molecular weight is 399 g/mol. The molecule has 1 unspecified atom stereocenters. The minimum Gasteiger partial charge on any atom is -0.497 e. The Morgan fingerprint density at radius 1 is 1.07 bits per heavy atom. The minimum absolute atomic E-state index is 0.139. The van der Waals surface area contributed by atoms with Crippen molar-refractivity contribution >= 4 is 32.8 Å². The normalized spacial score (nSPS) is 16.5. The average Bonchev–Trinajstić information content (AvgIpc) is 3.12. The third-order valence-electron chi connectivity index (χ3n) is 4.62. The molecule has 0 aliphatic carbocycles. The lowest BCUT2D eigenvalue weighted by Gasteiger charge is -2.23. The molecule has 5 nitrogen and oxygen atoms in total. The number of sulfone groups is 1. The van der Waals surface area contributed by atoms with Crippen molar-refractivity contribution in [2.24, 2.45) is 0 Å². The van der Waals surface area contributed by atoms with Crippen LogP contribution in [0.25, 0.3) is 0 Å². The zero-order valence-corrected chi connectivity index (χ0v) is 16.1. The Morgan fingerprint density at radius 2 is 1.78 bits per heavy atom. The Bertz CT molecular complexity index is 1090. The number of carbonyl (C=O) groups is 1. The molecule has 2 aromatic carbocycles. The second kappa shape index (κ2) is 6.83. The maximum Gasteiger partial charge on any atom is 0.225 e.